The van der Waals surface area contributed by atoms with E-state index in [1.807, 2.05) is 0 Å². The predicted octanol–water partition coefficient (Wildman–Crippen LogP) is 2.31. The summed E-state index contributed by atoms with van der Waals surface area (Å²) in [5.74, 6) is -0.312. The lowest BCUT2D eigenvalue weighted by atomic mass is 10.1. The molecule has 0 aliphatic heterocycles. The summed E-state index contributed by atoms with van der Waals surface area (Å²) in [7, 11) is 1.55. The van der Waals surface area contributed by atoms with Gasteiger partial charge in [-0.2, -0.15) is 0 Å². The Morgan fingerprint density at radius 1 is 1.42 bits per heavy atom. The maximum Gasteiger partial charge on any atom is 0.340 e. The number of anilines is 1. The van der Waals surface area contributed by atoms with E-state index in [1.165, 1.54) is 18.2 Å². The minimum Gasteiger partial charge on any atom is -0.454 e. The first-order chi connectivity index (χ1) is 11.5. The number of hydrogen-bond donors (Lipinski definition) is 1. The van der Waals surface area contributed by atoms with Crippen LogP contribution in [0.1, 0.15) is 21.8 Å². The Labute approximate surface area is 137 Å². The monoisotopic (exact) mass is 335 g/mol. The quantitative estimate of drug-likeness (QED) is 0.338. The molecule has 1 N–H and O–H groups in total. The summed E-state index contributed by atoms with van der Waals surface area (Å²) >= 11 is 0. The van der Waals surface area contributed by atoms with Crippen molar-refractivity contribution in [3.63, 3.8) is 0 Å². The maximum atomic E-state index is 12.3. The van der Waals surface area contributed by atoms with Crippen LogP contribution in [0.3, 0.4) is 0 Å². The van der Waals surface area contributed by atoms with Crippen molar-refractivity contribution in [3.8, 4) is 0 Å². The third-order valence-corrected chi connectivity index (χ3v) is 3.08. The van der Waals surface area contributed by atoms with E-state index in [2.05, 4.69) is 10.5 Å². The second-order valence-electron chi connectivity index (χ2n) is 4.92. The van der Waals surface area contributed by atoms with E-state index in [1.54, 1.807) is 20.1 Å². The molecule has 0 spiro atoms. The largest absolute Gasteiger partial charge is 0.454 e. The smallest absolute Gasteiger partial charge is 0.340 e. The number of carbonyl (C=O) groups is 1. The van der Waals surface area contributed by atoms with Crippen LogP contribution < -0.4 is 5.32 Å². The van der Waals surface area contributed by atoms with Crippen molar-refractivity contribution in [2.75, 3.05) is 25.6 Å². The molecule has 1 aromatic heterocycles. The number of carbonyl (C=O) groups excluding carboxylic acids is 1. The Hall–Kier alpha value is -2.94. The van der Waals surface area contributed by atoms with Gasteiger partial charge in [0.2, 0.25) is 0 Å². The molecule has 2 rings (SSSR count). The Bertz CT molecular complexity index is 728. The van der Waals surface area contributed by atoms with Crippen LogP contribution in [0, 0.1) is 17.0 Å². The Balaban J connectivity index is 2.15. The van der Waals surface area contributed by atoms with Gasteiger partial charge in [-0.25, -0.2) is 4.79 Å². The van der Waals surface area contributed by atoms with Gasteiger partial charge >= 0.3 is 5.97 Å². The topological polar surface area (TPSA) is 117 Å². The highest BCUT2D eigenvalue weighted by atomic mass is 16.6. The number of esters is 1. The molecule has 128 valence electrons. The highest BCUT2D eigenvalue weighted by Crippen LogP contribution is 2.23. The first kappa shape index (κ1) is 17.4. The number of ether oxygens (including phenoxy) is 2. The molecule has 9 heteroatoms. The van der Waals surface area contributed by atoms with Gasteiger partial charge in [0.15, 0.2) is 12.4 Å². The number of aryl methyl sites for hydroxylation is 1. The van der Waals surface area contributed by atoms with Crippen LogP contribution in [0.4, 0.5) is 11.4 Å². The number of benzene rings is 1. The molecule has 0 saturated heterocycles. The fourth-order valence-corrected chi connectivity index (χ4v) is 1.96. The zero-order chi connectivity index (χ0) is 17.5. The number of nitrogens with zero attached hydrogens (tertiary/aromatic N) is 2. The number of nitrogens with one attached hydrogen (secondary N) is 1. The molecule has 0 radical (unpaired) electrons. The van der Waals surface area contributed by atoms with E-state index in [9.17, 15) is 14.9 Å². The van der Waals surface area contributed by atoms with Gasteiger partial charge in [-0.1, -0.05) is 5.16 Å². The first-order valence-electron chi connectivity index (χ1n) is 7.12. The standard InChI is InChI=1S/C15H17N3O6/c1-10-7-12(24-17-10)9-23-15(19)13-8-11(18(20)21)3-4-14(13)16-5-6-22-2/h3-4,7-8,16H,5-6,9H2,1-2H3. The minimum absolute atomic E-state index is 0.0662. The van der Waals surface area contributed by atoms with E-state index in [4.69, 9.17) is 14.0 Å². The molecule has 0 amide bonds. The van der Waals surface area contributed by atoms with Crippen LogP contribution in [0.2, 0.25) is 0 Å². The summed E-state index contributed by atoms with van der Waals surface area (Å²) in [6.07, 6.45) is 0. The van der Waals surface area contributed by atoms with Gasteiger partial charge in [0.05, 0.1) is 22.8 Å². The van der Waals surface area contributed by atoms with Crippen LogP contribution in [-0.4, -0.2) is 36.3 Å². The van der Waals surface area contributed by atoms with E-state index in [0.29, 0.717) is 30.3 Å². The molecule has 0 bridgehead atoms. The second-order valence-corrected chi connectivity index (χ2v) is 4.92. The molecule has 9 nitrogen and oxygen atoms in total. The van der Waals surface area contributed by atoms with Gasteiger partial charge in [0, 0.05) is 37.5 Å². The number of hydrogen-bond acceptors (Lipinski definition) is 8. The van der Waals surface area contributed by atoms with Crippen LogP contribution in [-0.2, 0) is 16.1 Å². The van der Waals surface area contributed by atoms with E-state index < -0.39 is 10.9 Å². The fraction of sp³-hybridized carbons (Fsp3) is 0.333. The molecule has 0 saturated carbocycles. The molecule has 0 atom stereocenters. The van der Waals surface area contributed by atoms with Gasteiger partial charge < -0.3 is 19.3 Å². The van der Waals surface area contributed by atoms with Gasteiger partial charge in [-0.15, -0.1) is 0 Å². The molecule has 1 heterocycles. The summed E-state index contributed by atoms with van der Waals surface area (Å²) in [6.45, 7) is 2.49. The second kappa shape index (κ2) is 8.06. The summed E-state index contributed by atoms with van der Waals surface area (Å²) in [5.41, 5.74) is 0.959. The predicted molar refractivity (Wildman–Crippen MR) is 83.8 cm³/mol. The summed E-state index contributed by atoms with van der Waals surface area (Å²) in [6, 6.07) is 5.58. The van der Waals surface area contributed by atoms with Crippen molar-refractivity contribution >= 4 is 17.3 Å². The molecule has 0 aliphatic carbocycles. The van der Waals surface area contributed by atoms with Gasteiger partial charge in [-0.05, 0) is 13.0 Å². The van der Waals surface area contributed by atoms with Crippen molar-refractivity contribution in [1.82, 2.24) is 5.16 Å². The molecule has 2 aromatic rings. The molecular weight excluding hydrogens is 318 g/mol. The maximum absolute atomic E-state index is 12.3. The van der Waals surface area contributed by atoms with E-state index in [0.717, 1.165) is 0 Å². The lowest BCUT2D eigenvalue weighted by Crippen LogP contribution is -2.13. The number of nitro benzene ring substituents is 1. The zero-order valence-corrected chi connectivity index (χ0v) is 13.3. The number of aromatic nitrogens is 1. The third-order valence-electron chi connectivity index (χ3n) is 3.08. The first-order valence-corrected chi connectivity index (χ1v) is 7.12. The third kappa shape index (κ3) is 4.53. The molecule has 0 aliphatic rings. The molecule has 0 unspecified atom stereocenters. The van der Waals surface area contributed by atoms with Crippen molar-refractivity contribution in [1.29, 1.82) is 0 Å². The number of methoxy groups -OCH3 is 1. The Morgan fingerprint density at radius 2 is 2.21 bits per heavy atom. The number of rotatable bonds is 8. The summed E-state index contributed by atoms with van der Waals surface area (Å²) in [5, 5.41) is 17.6. The summed E-state index contributed by atoms with van der Waals surface area (Å²) < 4.78 is 15.0. The normalized spacial score (nSPS) is 10.4. The molecule has 24 heavy (non-hydrogen) atoms. The fourth-order valence-electron chi connectivity index (χ4n) is 1.96. The molecule has 0 fully saturated rings. The average Bonchev–Trinajstić information content (AvgIpc) is 2.98. The number of nitro groups is 1. The Morgan fingerprint density at radius 3 is 2.83 bits per heavy atom. The summed E-state index contributed by atoms with van der Waals surface area (Å²) in [4.78, 5) is 22.6. The van der Waals surface area contributed by atoms with E-state index in [-0.39, 0.29) is 17.9 Å². The highest BCUT2D eigenvalue weighted by Gasteiger charge is 2.18. The van der Waals surface area contributed by atoms with Crippen molar-refractivity contribution in [2.45, 2.75) is 13.5 Å². The molecule has 1 aromatic carbocycles. The number of non-ortho nitro benzene ring substituents is 1. The van der Waals surface area contributed by atoms with Crippen molar-refractivity contribution < 1.29 is 23.7 Å². The van der Waals surface area contributed by atoms with Crippen molar-refractivity contribution in [3.05, 3.63) is 51.4 Å². The van der Waals surface area contributed by atoms with Crippen LogP contribution >= 0.6 is 0 Å². The minimum atomic E-state index is -0.701. The molecular formula is C15H17N3O6. The van der Waals surface area contributed by atoms with Crippen LogP contribution in [0.25, 0.3) is 0 Å². The lowest BCUT2D eigenvalue weighted by molar-refractivity contribution is -0.384. The van der Waals surface area contributed by atoms with E-state index >= 15 is 0 Å². The van der Waals surface area contributed by atoms with Crippen molar-refractivity contribution in [2.24, 2.45) is 0 Å². The SMILES string of the molecule is COCCNc1ccc([N+](=O)[O-])cc1C(=O)OCc1cc(C)no1. The Kier molecular flexibility index (Phi) is 5.85. The average molecular weight is 335 g/mol. The zero-order valence-electron chi connectivity index (χ0n) is 13.3. The van der Waals surface area contributed by atoms with Gasteiger partial charge in [0.25, 0.3) is 5.69 Å². The van der Waals surface area contributed by atoms with Gasteiger partial charge in [0.1, 0.15) is 0 Å². The lowest BCUT2D eigenvalue weighted by Gasteiger charge is -2.11. The highest BCUT2D eigenvalue weighted by molar-refractivity contribution is 5.96. The van der Waals surface area contributed by atoms with Gasteiger partial charge in [-0.3, -0.25) is 10.1 Å². The van der Waals surface area contributed by atoms with Crippen LogP contribution in [0.15, 0.2) is 28.8 Å². The van der Waals surface area contributed by atoms with Crippen LogP contribution in [0.5, 0.6) is 0 Å².